The maximum Gasteiger partial charge on any atom is 0.229 e. The van der Waals surface area contributed by atoms with Crippen LogP contribution in [0.25, 0.3) is 0 Å². The molecule has 1 amide bonds. The molecule has 0 radical (unpaired) electrons. The van der Waals surface area contributed by atoms with Crippen LogP contribution in [0.2, 0.25) is 0 Å². The summed E-state index contributed by atoms with van der Waals surface area (Å²) in [5.41, 5.74) is -0.273. The van der Waals surface area contributed by atoms with Gasteiger partial charge in [0.1, 0.15) is 0 Å². The van der Waals surface area contributed by atoms with Crippen LogP contribution in [-0.2, 0) is 4.79 Å². The van der Waals surface area contributed by atoms with Gasteiger partial charge in [0.2, 0.25) is 5.91 Å². The first-order chi connectivity index (χ1) is 8.53. The molecule has 1 rings (SSSR count). The zero-order valence-corrected chi connectivity index (χ0v) is 10.2. The first-order valence-corrected chi connectivity index (χ1v) is 5.48. The van der Waals surface area contributed by atoms with Gasteiger partial charge in [-0.1, -0.05) is 6.92 Å². The third-order valence-corrected chi connectivity index (χ3v) is 2.58. The number of amides is 1. The number of carbonyl (C=O) groups excluding carboxylic acids is 1. The number of carbonyl (C=O) groups is 1. The molecule has 0 aliphatic heterocycles. The Bertz CT molecular complexity index is 434. The van der Waals surface area contributed by atoms with Crippen molar-refractivity contribution in [3.05, 3.63) is 23.8 Å². The SMILES string of the molecule is CCC(CO)C(=O)Nc1cc(F)c(OC)cc1F. The van der Waals surface area contributed by atoms with Crippen LogP contribution in [0.4, 0.5) is 14.5 Å². The highest BCUT2D eigenvalue weighted by atomic mass is 19.1. The van der Waals surface area contributed by atoms with Crippen LogP contribution in [0.3, 0.4) is 0 Å². The fraction of sp³-hybridized carbons (Fsp3) is 0.417. The van der Waals surface area contributed by atoms with Gasteiger partial charge in [-0.15, -0.1) is 0 Å². The molecule has 18 heavy (non-hydrogen) atoms. The minimum atomic E-state index is -0.797. The molecule has 0 fully saturated rings. The van der Waals surface area contributed by atoms with Crippen molar-refractivity contribution < 1.29 is 23.4 Å². The second-order valence-corrected chi connectivity index (χ2v) is 3.74. The van der Waals surface area contributed by atoms with Crippen LogP contribution >= 0.6 is 0 Å². The number of rotatable bonds is 5. The van der Waals surface area contributed by atoms with E-state index in [2.05, 4.69) is 10.1 Å². The molecule has 0 saturated heterocycles. The van der Waals surface area contributed by atoms with Crippen molar-refractivity contribution in [1.29, 1.82) is 0 Å². The van der Waals surface area contributed by atoms with Crippen molar-refractivity contribution in [2.75, 3.05) is 19.0 Å². The van der Waals surface area contributed by atoms with Crippen molar-refractivity contribution in [2.24, 2.45) is 5.92 Å². The lowest BCUT2D eigenvalue weighted by Crippen LogP contribution is -2.25. The fourth-order valence-corrected chi connectivity index (χ4v) is 1.41. The van der Waals surface area contributed by atoms with E-state index in [1.165, 1.54) is 7.11 Å². The number of methoxy groups -OCH3 is 1. The van der Waals surface area contributed by atoms with E-state index in [4.69, 9.17) is 5.11 Å². The molecular weight excluding hydrogens is 244 g/mol. The predicted molar refractivity (Wildman–Crippen MR) is 62.4 cm³/mol. The number of nitrogens with one attached hydrogen (secondary N) is 1. The number of aliphatic hydroxyl groups excluding tert-OH is 1. The van der Waals surface area contributed by atoms with Crippen molar-refractivity contribution in [3.63, 3.8) is 0 Å². The second kappa shape index (κ2) is 6.30. The van der Waals surface area contributed by atoms with Gasteiger partial charge in [0, 0.05) is 12.1 Å². The molecule has 1 unspecified atom stereocenters. The minimum absolute atomic E-state index is 0.236. The summed E-state index contributed by atoms with van der Waals surface area (Å²) in [4.78, 5) is 11.6. The lowest BCUT2D eigenvalue weighted by Gasteiger charge is -2.13. The molecule has 0 saturated carbocycles. The molecule has 2 N–H and O–H groups in total. The number of anilines is 1. The lowest BCUT2D eigenvalue weighted by molar-refractivity contribution is -0.121. The first-order valence-electron chi connectivity index (χ1n) is 5.48. The summed E-state index contributed by atoms with van der Waals surface area (Å²) in [7, 11) is 1.22. The average Bonchev–Trinajstić information content (AvgIpc) is 2.34. The van der Waals surface area contributed by atoms with E-state index in [1.54, 1.807) is 6.92 Å². The Morgan fingerprint density at radius 2 is 2.11 bits per heavy atom. The molecule has 0 aromatic heterocycles. The molecule has 6 heteroatoms. The maximum atomic E-state index is 13.5. The minimum Gasteiger partial charge on any atom is -0.494 e. The number of ether oxygens (including phenoxy) is 1. The van der Waals surface area contributed by atoms with E-state index in [9.17, 15) is 13.6 Å². The monoisotopic (exact) mass is 259 g/mol. The van der Waals surface area contributed by atoms with Gasteiger partial charge in [-0.05, 0) is 6.42 Å². The quantitative estimate of drug-likeness (QED) is 0.849. The zero-order valence-electron chi connectivity index (χ0n) is 10.2. The summed E-state index contributed by atoms with van der Waals surface area (Å²) in [6.07, 6.45) is 0.405. The molecule has 0 aliphatic carbocycles. The molecule has 0 aliphatic rings. The average molecular weight is 259 g/mol. The Kier molecular flexibility index (Phi) is 5.03. The summed E-state index contributed by atoms with van der Waals surface area (Å²) >= 11 is 0. The van der Waals surface area contributed by atoms with E-state index in [-0.39, 0.29) is 18.0 Å². The van der Waals surface area contributed by atoms with Crippen LogP contribution in [0.15, 0.2) is 12.1 Å². The Labute approximate surface area is 104 Å². The topological polar surface area (TPSA) is 58.6 Å². The number of hydrogen-bond acceptors (Lipinski definition) is 3. The van der Waals surface area contributed by atoms with Gasteiger partial charge in [0.25, 0.3) is 0 Å². The number of halogens is 2. The summed E-state index contributed by atoms with van der Waals surface area (Å²) < 4.78 is 31.5. The van der Waals surface area contributed by atoms with Gasteiger partial charge in [-0.3, -0.25) is 4.79 Å². The normalized spacial score (nSPS) is 12.1. The lowest BCUT2D eigenvalue weighted by atomic mass is 10.1. The molecular formula is C12H15F2NO3. The van der Waals surface area contributed by atoms with Crippen LogP contribution in [0.5, 0.6) is 5.75 Å². The van der Waals surface area contributed by atoms with E-state index in [0.717, 1.165) is 12.1 Å². The van der Waals surface area contributed by atoms with Crippen LogP contribution in [0, 0.1) is 17.6 Å². The molecule has 1 aromatic carbocycles. The van der Waals surface area contributed by atoms with E-state index >= 15 is 0 Å². The third-order valence-electron chi connectivity index (χ3n) is 2.58. The number of hydrogen-bond donors (Lipinski definition) is 2. The Balaban J connectivity index is 2.91. The van der Waals surface area contributed by atoms with Crippen molar-refractivity contribution in [3.8, 4) is 5.75 Å². The van der Waals surface area contributed by atoms with Gasteiger partial charge in [-0.25, -0.2) is 8.78 Å². The van der Waals surface area contributed by atoms with Crippen LogP contribution in [0.1, 0.15) is 13.3 Å². The number of benzene rings is 1. The summed E-state index contributed by atoms with van der Waals surface area (Å²) in [5.74, 6) is -3.00. The highest BCUT2D eigenvalue weighted by molar-refractivity contribution is 5.92. The second-order valence-electron chi connectivity index (χ2n) is 3.74. The maximum absolute atomic E-state index is 13.5. The van der Waals surface area contributed by atoms with E-state index in [0.29, 0.717) is 6.42 Å². The Morgan fingerprint density at radius 1 is 1.44 bits per heavy atom. The summed E-state index contributed by atoms with van der Waals surface area (Å²) in [6, 6.07) is 1.70. The Morgan fingerprint density at radius 3 is 2.61 bits per heavy atom. The van der Waals surface area contributed by atoms with Gasteiger partial charge in [0.15, 0.2) is 17.4 Å². The van der Waals surface area contributed by atoms with Crippen LogP contribution < -0.4 is 10.1 Å². The summed E-state index contributed by atoms with van der Waals surface area (Å²) in [5, 5.41) is 11.2. The van der Waals surface area contributed by atoms with Gasteiger partial charge < -0.3 is 15.2 Å². The molecule has 1 atom stereocenters. The van der Waals surface area contributed by atoms with E-state index < -0.39 is 23.5 Å². The highest BCUT2D eigenvalue weighted by Crippen LogP contribution is 2.25. The predicted octanol–water partition coefficient (Wildman–Crippen LogP) is 1.93. The number of aliphatic hydroxyl groups is 1. The highest BCUT2D eigenvalue weighted by Gasteiger charge is 2.18. The zero-order chi connectivity index (χ0) is 13.7. The molecule has 100 valence electrons. The molecule has 4 nitrogen and oxygen atoms in total. The molecule has 0 spiro atoms. The molecule has 0 bridgehead atoms. The van der Waals surface area contributed by atoms with Crippen molar-refractivity contribution in [1.82, 2.24) is 0 Å². The van der Waals surface area contributed by atoms with Crippen molar-refractivity contribution >= 4 is 11.6 Å². The smallest absolute Gasteiger partial charge is 0.229 e. The van der Waals surface area contributed by atoms with Gasteiger partial charge >= 0.3 is 0 Å². The molecule has 1 aromatic rings. The third kappa shape index (κ3) is 3.16. The van der Waals surface area contributed by atoms with Gasteiger partial charge in [-0.2, -0.15) is 0 Å². The summed E-state index contributed by atoms with van der Waals surface area (Å²) in [6.45, 7) is 1.37. The van der Waals surface area contributed by atoms with Gasteiger partial charge in [0.05, 0.1) is 25.3 Å². The Hall–Kier alpha value is -1.69. The fourth-order valence-electron chi connectivity index (χ4n) is 1.41. The first kappa shape index (κ1) is 14.4. The standard InChI is InChI=1S/C12H15F2NO3/c1-3-7(6-16)12(17)15-10-4-9(14)11(18-2)5-8(10)13/h4-5,7,16H,3,6H2,1-2H3,(H,15,17). The largest absolute Gasteiger partial charge is 0.494 e. The van der Waals surface area contributed by atoms with Crippen LogP contribution in [-0.4, -0.2) is 24.7 Å². The van der Waals surface area contributed by atoms with Crippen molar-refractivity contribution in [2.45, 2.75) is 13.3 Å². The van der Waals surface area contributed by atoms with E-state index in [1.807, 2.05) is 0 Å². The molecule has 0 heterocycles.